The maximum atomic E-state index is 9.22. The van der Waals surface area contributed by atoms with E-state index in [1.165, 1.54) is 12.8 Å². The summed E-state index contributed by atoms with van der Waals surface area (Å²) in [6.45, 7) is 2.00. The van der Waals surface area contributed by atoms with E-state index in [0.717, 1.165) is 13.2 Å². The zero-order chi connectivity index (χ0) is 47.8. The first-order valence-corrected chi connectivity index (χ1v) is 21.4. The first-order valence-electron chi connectivity index (χ1n) is 19.1. The minimum absolute atomic E-state index is 0. The van der Waals surface area contributed by atoms with Gasteiger partial charge in [0, 0.05) is 65.2 Å². The van der Waals surface area contributed by atoms with E-state index in [2.05, 4.69) is 2.59 Å². The van der Waals surface area contributed by atoms with Crippen molar-refractivity contribution < 1.29 is 128 Å². The van der Waals surface area contributed by atoms with Crippen LogP contribution >= 0.6 is 0 Å². The molecule has 0 aromatic heterocycles. The number of ether oxygens (including phenoxy) is 1. The van der Waals surface area contributed by atoms with Gasteiger partial charge in [-0.2, -0.15) is 0 Å². The topological polar surface area (TPSA) is 295 Å². The molecule has 0 atom stereocenters. The van der Waals surface area contributed by atoms with Crippen LogP contribution < -0.4 is 0 Å². The summed E-state index contributed by atoms with van der Waals surface area (Å²) in [7, 11) is 0. The third-order valence-electron chi connectivity index (χ3n) is 7.48. The second-order valence-electron chi connectivity index (χ2n) is 12.3. The Morgan fingerprint density at radius 3 is 0.538 bits per heavy atom. The Kier molecular flexibility index (Phi) is 41.5. The van der Waals surface area contributed by atoms with Gasteiger partial charge in [-0.3, -0.25) is 0 Å². The third kappa shape index (κ3) is 36.0. The van der Waals surface area contributed by atoms with Crippen molar-refractivity contribution in [3.05, 3.63) is 215 Å². The average molecular weight is 1020 g/mol. The fourth-order valence-corrected chi connectivity index (χ4v) is 4.49. The summed E-state index contributed by atoms with van der Waals surface area (Å²) >= 11 is -2.61. The molecule has 19 heteroatoms. The maximum absolute atomic E-state index is 9.22. The number of aliphatic hydroxyl groups is 12. The number of rotatable bonds is 8. The van der Waals surface area contributed by atoms with Gasteiger partial charge in [0.25, 0.3) is 0 Å². The van der Waals surface area contributed by atoms with Gasteiger partial charge in [-0.15, -0.1) is 0 Å². The monoisotopic (exact) mass is 1020 g/mol. The molecule has 6 aromatic carbocycles. The largest absolute Gasteiger partial charge is 0 e. The van der Waals surface area contributed by atoms with Gasteiger partial charge in [0.1, 0.15) is 0 Å². The summed E-state index contributed by atoms with van der Waals surface area (Å²) in [4.78, 5) is 0. The molecule has 1 saturated heterocycles. The van der Waals surface area contributed by atoms with Crippen LogP contribution in [0.5, 0.6) is 0 Å². The van der Waals surface area contributed by atoms with Gasteiger partial charge in [-0.05, 0) is 12.8 Å². The van der Waals surface area contributed by atoms with Crippen molar-refractivity contribution >= 4 is 0 Å². The van der Waals surface area contributed by atoms with Crippen LogP contribution in [0, 0.1) is 0 Å². The van der Waals surface area contributed by atoms with Gasteiger partial charge >= 0.3 is 43.1 Å². The second kappa shape index (κ2) is 42.7. The van der Waals surface area contributed by atoms with Crippen LogP contribution in [0.1, 0.15) is 84.0 Å². The van der Waals surface area contributed by atoms with Crippen LogP contribution in [0.15, 0.2) is 182 Å². The molecule has 0 spiro atoms. The Morgan fingerprint density at radius 1 is 0.323 bits per heavy atom. The molecular weight excluding hydrogens is 961 g/mol. The Morgan fingerprint density at radius 2 is 0.477 bits per heavy atom. The van der Waals surface area contributed by atoms with E-state index < -0.39 is 70.9 Å². The third-order valence-corrected chi connectivity index (χ3v) is 8.55. The summed E-state index contributed by atoms with van der Waals surface area (Å²) < 4.78 is 27.3. The zero-order valence-corrected chi connectivity index (χ0v) is 39.1. The Labute approximate surface area is 404 Å². The van der Waals surface area contributed by atoms with Crippen LogP contribution in [0.25, 0.3) is 0 Å². The summed E-state index contributed by atoms with van der Waals surface area (Å²) in [5, 5.41) is 103. The van der Waals surface area contributed by atoms with E-state index in [1.807, 2.05) is 36.4 Å². The molecule has 1 aliphatic heterocycles. The van der Waals surface area contributed by atoms with Crippen molar-refractivity contribution in [1.29, 1.82) is 0 Å². The van der Waals surface area contributed by atoms with E-state index in [0.29, 0.717) is 33.4 Å². The molecule has 6 aromatic rings. The van der Waals surface area contributed by atoms with E-state index in [1.54, 1.807) is 146 Å². The van der Waals surface area contributed by atoms with Gasteiger partial charge in [-0.1, -0.05) is 182 Å². The van der Waals surface area contributed by atoms with Crippen molar-refractivity contribution in [3.63, 3.8) is 0 Å². The number of aliphatic hydroxyl groups excluding tert-OH is 6. The molecule has 65 heavy (non-hydrogen) atoms. The number of benzene rings is 6. The molecule has 1 radical (unpaired) electrons. The molecule has 7 rings (SSSR count). The van der Waals surface area contributed by atoms with Gasteiger partial charge in [-0.25, -0.2) is 0 Å². The average Bonchev–Trinajstić information content (AvgIpc) is 3.93. The van der Waals surface area contributed by atoms with Crippen LogP contribution in [0.2, 0.25) is 0 Å². The van der Waals surface area contributed by atoms with Gasteiger partial charge in [0.05, 0.1) is 0 Å². The summed E-state index contributed by atoms with van der Waals surface area (Å²) in [5.41, 5.74) is 3.15. The fraction of sp³-hybridized carbons (Fsp3) is 0.217. The van der Waals surface area contributed by atoms with Crippen LogP contribution in [-0.4, -0.2) is 74.5 Å². The molecular formula is C46H56O16V3. The standard InChI is InChI=1S/6C7H8O2.C4H8O.3O.3V/c6*8-7(9)6-4-2-1-3-5-6;1-2-4-5-3-1;;;;;;/h6*1-5,7-9H;1-4H2;;;;;;. The van der Waals surface area contributed by atoms with Crippen molar-refractivity contribution in [2.24, 2.45) is 0 Å². The van der Waals surface area contributed by atoms with Gasteiger partial charge in [0.2, 0.25) is 0 Å². The molecule has 16 nitrogen and oxygen atoms in total. The van der Waals surface area contributed by atoms with E-state index >= 15 is 0 Å². The summed E-state index contributed by atoms with van der Waals surface area (Å²) in [5.74, 6) is 0. The predicted octanol–water partition coefficient (Wildman–Crippen LogP) is 4.50. The summed E-state index contributed by atoms with van der Waals surface area (Å²) in [6.07, 6.45) is -5.49. The maximum Gasteiger partial charge on any atom is 0 e. The summed E-state index contributed by atoms with van der Waals surface area (Å²) in [6, 6.07) is 51.9. The smallest absolute Gasteiger partial charge is 0 e. The molecule has 0 amide bonds. The Hall–Kier alpha value is -3.89. The molecule has 12 N–H and O–H groups in total. The fourth-order valence-electron chi connectivity index (χ4n) is 4.27. The van der Waals surface area contributed by atoms with Crippen LogP contribution in [0.3, 0.4) is 0 Å². The number of hydrogen-bond acceptors (Lipinski definition) is 16. The van der Waals surface area contributed by atoms with Crippen LogP contribution in [-0.2, 0) is 66.4 Å². The van der Waals surface area contributed by atoms with E-state index in [9.17, 15) is 7.35 Å². The minimum Gasteiger partial charge on any atom is 0 e. The molecule has 1 aliphatic rings. The molecule has 1 fully saturated rings. The molecule has 0 aliphatic carbocycles. The van der Waals surface area contributed by atoms with Crippen LogP contribution in [0.4, 0.5) is 0 Å². The Bertz CT molecular complexity index is 1570. The van der Waals surface area contributed by atoms with Crippen molar-refractivity contribution in [2.45, 2.75) is 50.6 Å². The first kappa shape index (κ1) is 63.2. The van der Waals surface area contributed by atoms with E-state index in [4.69, 9.17) is 66.0 Å². The van der Waals surface area contributed by atoms with Gasteiger partial charge in [0.15, 0.2) is 37.7 Å². The molecule has 1 heterocycles. The normalized spacial score (nSPS) is 10.7. The molecule has 351 valence electrons. The predicted molar refractivity (Wildman–Crippen MR) is 224 cm³/mol. The van der Waals surface area contributed by atoms with Crippen molar-refractivity contribution in [2.75, 3.05) is 13.2 Å². The number of hydrogen-bond donors (Lipinski definition) is 12. The van der Waals surface area contributed by atoms with Gasteiger partial charge < -0.3 is 66.0 Å². The molecule has 0 saturated carbocycles. The zero-order valence-electron chi connectivity index (χ0n) is 35.0. The minimum atomic E-state index is -1.34. The van der Waals surface area contributed by atoms with Crippen molar-refractivity contribution in [1.82, 2.24) is 0 Å². The quantitative estimate of drug-likeness (QED) is 0.0935. The second-order valence-corrected chi connectivity index (χ2v) is 14.0. The molecule has 0 unspecified atom stereocenters. The SMILES string of the molecule is C1CCOC1.OC(O)c1ccccc1.OC(O)c1ccccc1.OC(O)c1ccccc1.OC(O)c1ccccc1.OC(O)c1ccccc1.OC(O)c1ccccc1.[O]=[V][O][V]=[O].[V]. The first-order chi connectivity index (χ1) is 30.7. The molecule has 0 bridgehead atoms. The van der Waals surface area contributed by atoms with Crippen molar-refractivity contribution in [3.8, 4) is 0 Å². The Balaban J connectivity index is 0. The van der Waals surface area contributed by atoms with E-state index in [-0.39, 0.29) is 18.6 Å².